The SMILES string of the molecule is COC1(C(N)c2ccc(C)nc2)CCCCC1. The normalized spacial score (nSPS) is 21.1. The summed E-state index contributed by atoms with van der Waals surface area (Å²) < 4.78 is 5.77. The Balaban J connectivity index is 2.21. The van der Waals surface area contributed by atoms with Crippen molar-refractivity contribution in [2.24, 2.45) is 5.73 Å². The summed E-state index contributed by atoms with van der Waals surface area (Å²) in [6.07, 6.45) is 7.71. The third-order valence-corrected chi connectivity index (χ3v) is 3.97. The highest BCUT2D eigenvalue weighted by Gasteiger charge is 2.38. The van der Waals surface area contributed by atoms with E-state index in [1.165, 1.54) is 19.3 Å². The van der Waals surface area contributed by atoms with Gasteiger partial charge in [-0.3, -0.25) is 4.98 Å². The fourth-order valence-electron chi connectivity index (χ4n) is 2.76. The summed E-state index contributed by atoms with van der Waals surface area (Å²) in [5.41, 5.74) is 8.32. The van der Waals surface area contributed by atoms with E-state index in [9.17, 15) is 0 Å². The fourth-order valence-corrected chi connectivity index (χ4v) is 2.76. The lowest BCUT2D eigenvalue weighted by Crippen LogP contribution is -2.44. The zero-order chi connectivity index (χ0) is 12.3. The van der Waals surface area contributed by atoms with Crippen LogP contribution in [-0.2, 0) is 4.74 Å². The van der Waals surface area contributed by atoms with Crippen LogP contribution in [0.25, 0.3) is 0 Å². The van der Waals surface area contributed by atoms with Gasteiger partial charge in [0.1, 0.15) is 0 Å². The third kappa shape index (κ3) is 2.50. The lowest BCUT2D eigenvalue weighted by atomic mass is 9.77. The van der Waals surface area contributed by atoms with Gasteiger partial charge in [-0.05, 0) is 31.4 Å². The molecule has 1 saturated carbocycles. The summed E-state index contributed by atoms with van der Waals surface area (Å²) >= 11 is 0. The summed E-state index contributed by atoms with van der Waals surface area (Å²) in [6, 6.07) is 4.02. The molecule has 1 aromatic heterocycles. The quantitative estimate of drug-likeness (QED) is 0.874. The van der Waals surface area contributed by atoms with Crippen molar-refractivity contribution in [3.8, 4) is 0 Å². The zero-order valence-corrected chi connectivity index (χ0v) is 10.8. The molecule has 1 aromatic rings. The minimum atomic E-state index is -0.185. The monoisotopic (exact) mass is 234 g/mol. The van der Waals surface area contributed by atoms with Gasteiger partial charge in [0.2, 0.25) is 0 Å². The van der Waals surface area contributed by atoms with Crippen LogP contribution in [0.4, 0.5) is 0 Å². The van der Waals surface area contributed by atoms with Crippen LogP contribution in [0.2, 0.25) is 0 Å². The number of nitrogens with zero attached hydrogens (tertiary/aromatic N) is 1. The molecule has 0 spiro atoms. The minimum absolute atomic E-state index is 0.0686. The van der Waals surface area contributed by atoms with Crippen molar-refractivity contribution < 1.29 is 4.74 Å². The van der Waals surface area contributed by atoms with Crippen molar-refractivity contribution in [3.05, 3.63) is 29.6 Å². The van der Waals surface area contributed by atoms with E-state index in [2.05, 4.69) is 11.1 Å². The maximum absolute atomic E-state index is 6.40. The number of aromatic nitrogens is 1. The Labute approximate surface area is 103 Å². The van der Waals surface area contributed by atoms with Crippen LogP contribution in [0.1, 0.15) is 49.4 Å². The Morgan fingerprint density at radius 1 is 1.29 bits per heavy atom. The van der Waals surface area contributed by atoms with Gasteiger partial charge in [0, 0.05) is 19.0 Å². The second kappa shape index (κ2) is 5.15. The second-order valence-corrected chi connectivity index (χ2v) is 5.04. The first-order chi connectivity index (χ1) is 8.18. The summed E-state index contributed by atoms with van der Waals surface area (Å²) in [5, 5.41) is 0. The van der Waals surface area contributed by atoms with E-state index in [4.69, 9.17) is 10.5 Å². The van der Waals surface area contributed by atoms with Crippen molar-refractivity contribution >= 4 is 0 Å². The number of methoxy groups -OCH3 is 1. The van der Waals surface area contributed by atoms with Crippen LogP contribution in [-0.4, -0.2) is 17.7 Å². The van der Waals surface area contributed by atoms with E-state index in [0.717, 1.165) is 24.1 Å². The van der Waals surface area contributed by atoms with Crippen LogP contribution < -0.4 is 5.73 Å². The van der Waals surface area contributed by atoms with Gasteiger partial charge in [-0.25, -0.2) is 0 Å². The van der Waals surface area contributed by atoms with E-state index < -0.39 is 0 Å². The number of rotatable bonds is 3. The van der Waals surface area contributed by atoms with Gasteiger partial charge in [-0.15, -0.1) is 0 Å². The Hall–Kier alpha value is -0.930. The molecule has 0 radical (unpaired) electrons. The Morgan fingerprint density at radius 2 is 2.00 bits per heavy atom. The smallest absolute Gasteiger partial charge is 0.0870 e. The van der Waals surface area contributed by atoms with Gasteiger partial charge in [0.15, 0.2) is 0 Å². The van der Waals surface area contributed by atoms with Gasteiger partial charge in [-0.1, -0.05) is 25.3 Å². The van der Waals surface area contributed by atoms with E-state index in [-0.39, 0.29) is 11.6 Å². The van der Waals surface area contributed by atoms with Crippen LogP contribution in [0.5, 0.6) is 0 Å². The van der Waals surface area contributed by atoms with Crippen LogP contribution in [0.3, 0.4) is 0 Å². The summed E-state index contributed by atoms with van der Waals surface area (Å²) in [4.78, 5) is 4.32. The third-order valence-electron chi connectivity index (χ3n) is 3.97. The maximum Gasteiger partial charge on any atom is 0.0870 e. The lowest BCUT2D eigenvalue weighted by Gasteiger charge is -2.40. The lowest BCUT2D eigenvalue weighted by molar-refractivity contribution is -0.0596. The molecule has 17 heavy (non-hydrogen) atoms. The molecule has 2 N–H and O–H groups in total. The maximum atomic E-state index is 6.40. The molecule has 1 fully saturated rings. The first kappa shape index (κ1) is 12.5. The van der Waals surface area contributed by atoms with Gasteiger partial charge >= 0.3 is 0 Å². The van der Waals surface area contributed by atoms with Crippen LogP contribution >= 0.6 is 0 Å². The number of nitrogens with two attached hydrogens (primary N) is 1. The Bertz CT molecular complexity index is 355. The van der Waals surface area contributed by atoms with E-state index in [0.29, 0.717) is 0 Å². The van der Waals surface area contributed by atoms with E-state index >= 15 is 0 Å². The van der Waals surface area contributed by atoms with Crippen molar-refractivity contribution in [1.82, 2.24) is 4.98 Å². The summed E-state index contributed by atoms with van der Waals surface area (Å²) in [6.45, 7) is 1.99. The second-order valence-electron chi connectivity index (χ2n) is 5.04. The number of ether oxygens (including phenoxy) is 1. The first-order valence-corrected chi connectivity index (χ1v) is 6.41. The predicted molar refractivity (Wildman–Crippen MR) is 68.7 cm³/mol. The zero-order valence-electron chi connectivity index (χ0n) is 10.8. The summed E-state index contributed by atoms with van der Waals surface area (Å²) in [5.74, 6) is 0. The van der Waals surface area contributed by atoms with E-state index in [1.807, 2.05) is 19.2 Å². The Morgan fingerprint density at radius 3 is 2.53 bits per heavy atom. The average molecular weight is 234 g/mol. The van der Waals surface area contributed by atoms with Gasteiger partial charge < -0.3 is 10.5 Å². The topological polar surface area (TPSA) is 48.1 Å². The molecule has 0 aliphatic heterocycles. The van der Waals surface area contributed by atoms with Crippen LogP contribution in [0.15, 0.2) is 18.3 Å². The molecule has 0 aromatic carbocycles. The molecule has 1 atom stereocenters. The fraction of sp³-hybridized carbons (Fsp3) is 0.643. The molecular formula is C14H22N2O. The molecule has 1 heterocycles. The molecule has 1 aliphatic rings. The van der Waals surface area contributed by atoms with E-state index in [1.54, 1.807) is 7.11 Å². The standard InChI is InChI=1S/C14H22N2O/c1-11-6-7-12(10-16-11)13(15)14(17-2)8-4-3-5-9-14/h6-7,10,13H,3-5,8-9,15H2,1-2H3. The molecule has 2 rings (SSSR count). The highest BCUT2D eigenvalue weighted by Crippen LogP contribution is 2.39. The molecular weight excluding hydrogens is 212 g/mol. The minimum Gasteiger partial charge on any atom is -0.376 e. The van der Waals surface area contributed by atoms with Crippen LogP contribution in [0, 0.1) is 6.92 Å². The highest BCUT2D eigenvalue weighted by molar-refractivity contribution is 5.20. The number of aryl methyl sites for hydroxylation is 1. The summed E-state index contributed by atoms with van der Waals surface area (Å²) in [7, 11) is 1.78. The molecule has 3 heteroatoms. The Kier molecular flexibility index (Phi) is 3.79. The number of pyridine rings is 1. The predicted octanol–water partition coefficient (Wildman–Crippen LogP) is 2.74. The van der Waals surface area contributed by atoms with Crippen molar-refractivity contribution in [1.29, 1.82) is 0 Å². The van der Waals surface area contributed by atoms with Crippen molar-refractivity contribution in [2.45, 2.75) is 50.7 Å². The molecule has 3 nitrogen and oxygen atoms in total. The first-order valence-electron chi connectivity index (χ1n) is 6.41. The molecule has 0 bridgehead atoms. The number of hydrogen-bond donors (Lipinski definition) is 1. The van der Waals surface area contributed by atoms with Gasteiger partial charge in [-0.2, -0.15) is 0 Å². The number of hydrogen-bond acceptors (Lipinski definition) is 3. The molecule has 1 unspecified atom stereocenters. The van der Waals surface area contributed by atoms with Crippen molar-refractivity contribution in [2.75, 3.05) is 7.11 Å². The van der Waals surface area contributed by atoms with Gasteiger partial charge in [0.25, 0.3) is 0 Å². The molecule has 0 saturated heterocycles. The molecule has 1 aliphatic carbocycles. The highest BCUT2D eigenvalue weighted by atomic mass is 16.5. The average Bonchev–Trinajstić information content (AvgIpc) is 2.39. The largest absolute Gasteiger partial charge is 0.376 e. The molecule has 0 amide bonds. The van der Waals surface area contributed by atoms with Gasteiger partial charge in [0.05, 0.1) is 11.6 Å². The van der Waals surface area contributed by atoms with Crippen molar-refractivity contribution in [3.63, 3.8) is 0 Å². The molecule has 94 valence electrons.